The molecular formula is C10H17N3O3. The largest absolute Gasteiger partial charge is 0.493 e. The van der Waals surface area contributed by atoms with Crippen LogP contribution in [0.15, 0.2) is 12.4 Å². The van der Waals surface area contributed by atoms with Crippen molar-refractivity contribution in [3.05, 3.63) is 12.4 Å². The number of ether oxygens (including phenoxy) is 2. The van der Waals surface area contributed by atoms with Gasteiger partial charge in [0.2, 0.25) is 0 Å². The first-order valence-electron chi connectivity index (χ1n) is 5.02. The van der Waals surface area contributed by atoms with Crippen LogP contribution in [0.1, 0.15) is 13.8 Å². The van der Waals surface area contributed by atoms with Gasteiger partial charge in [-0.3, -0.25) is 4.68 Å². The third-order valence-corrected chi connectivity index (χ3v) is 2.08. The van der Waals surface area contributed by atoms with Crippen LogP contribution in [-0.2, 0) is 16.1 Å². The Kier molecular flexibility index (Phi) is 3.89. The SMILES string of the molecule is CCOC(=O)C(C)(N)Cn1cc(OC)cn1. The van der Waals surface area contributed by atoms with Crippen molar-refractivity contribution in [2.75, 3.05) is 13.7 Å². The van der Waals surface area contributed by atoms with Crippen LogP contribution < -0.4 is 10.5 Å². The lowest BCUT2D eigenvalue weighted by Gasteiger charge is -2.21. The predicted octanol–water partition coefficient (Wildman–Crippen LogP) is 0.172. The lowest BCUT2D eigenvalue weighted by atomic mass is 10.1. The Morgan fingerprint density at radius 3 is 2.88 bits per heavy atom. The molecule has 0 saturated carbocycles. The van der Waals surface area contributed by atoms with Gasteiger partial charge in [-0.1, -0.05) is 0 Å². The summed E-state index contributed by atoms with van der Waals surface area (Å²) in [6.45, 7) is 3.91. The molecule has 0 saturated heterocycles. The minimum absolute atomic E-state index is 0.245. The Bertz CT molecular complexity index is 360. The average Bonchev–Trinajstić information content (AvgIpc) is 2.65. The first kappa shape index (κ1) is 12.5. The third kappa shape index (κ3) is 2.96. The molecule has 1 rings (SSSR count). The molecule has 6 nitrogen and oxygen atoms in total. The molecule has 1 unspecified atom stereocenters. The molecule has 1 aromatic rings. The Balaban J connectivity index is 2.67. The molecule has 0 aliphatic carbocycles. The summed E-state index contributed by atoms with van der Waals surface area (Å²) >= 11 is 0. The van der Waals surface area contributed by atoms with E-state index in [9.17, 15) is 4.79 Å². The molecule has 0 aromatic carbocycles. The van der Waals surface area contributed by atoms with Crippen molar-refractivity contribution < 1.29 is 14.3 Å². The zero-order valence-electron chi connectivity index (χ0n) is 9.77. The van der Waals surface area contributed by atoms with Crippen molar-refractivity contribution in [2.45, 2.75) is 25.9 Å². The van der Waals surface area contributed by atoms with Gasteiger partial charge in [0.1, 0.15) is 5.54 Å². The summed E-state index contributed by atoms with van der Waals surface area (Å²) in [5.41, 5.74) is 4.76. The van der Waals surface area contributed by atoms with Gasteiger partial charge in [0, 0.05) is 0 Å². The van der Waals surface area contributed by atoms with E-state index in [1.54, 1.807) is 38.0 Å². The molecule has 0 spiro atoms. The minimum atomic E-state index is -1.09. The van der Waals surface area contributed by atoms with Crippen LogP contribution in [0.3, 0.4) is 0 Å². The van der Waals surface area contributed by atoms with Gasteiger partial charge in [0.15, 0.2) is 5.75 Å². The van der Waals surface area contributed by atoms with Gasteiger partial charge >= 0.3 is 5.97 Å². The van der Waals surface area contributed by atoms with Crippen LogP contribution in [0.25, 0.3) is 0 Å². The van der Waals surface area contributed by atoms with Gasteiger partial charge in [-0.15, -0.1) is 0 Å². The fourth-order valence-electron chi connectivity index (χ4n) is 1.23. The number of nitrogens with two attached hydrogens (primary N) is 1. The number of carbonyl (C=O) groups is 1. The van der Waals surface area contributed by atoms with Crippen molar-refractivity contribution in [3.8, 4) is 5.75 Å². The summed E-state index contributed by atoms with van der Waals surface area (Å²) < 4.78 is 11.4. The first-order valence-corrected chi connectivity index (χ1v) is 5.02. The molecule has 0 fully saturated rings. The van der Waals surface area contributed by atoms with Crippen LogP contribution in [0.5, 0.6) is 5.75 Å². The van der Waals surface area contributed by atoms with Crippen molar-refractivity contribution in [3.63, 3.8) is 0 Å². The summed E-state index contributed by atoms with van der Waals surface area (Å²) in [6.07, 6.45) is 3.23. The Morgan fingerprint density at radius 1 is 1.69 bits per heavy atom. The number of esters is 1. The predicted molar refractivity (Wildman–Crippen MR) is 58.0 cm³/mol. The van der Waals surface area contributed by atoms with Crippen LogP contribution in [0, 0.1) is 0 Å². The van der Waals surface area contributed by atoms with Crippen molar-refractivity contribution >= 4 is 5.97 Å². The quantitative estimate of drug-likeness (QED) is 0.725. The molecule has 0 amide bonds. The second-order valence-corrected chi connectivity index (χ2v) is 3.72. The average molecular weight is 227 g/mol. The van der Waals surface area contributed by atoms with Crippen molar-refractivity contribution in [1.82, 2.24) is 9.78 Å². The molecule has 2 N–H and O–H groups in total. The monoisotopic (exact) mass is 227 g/mol. The number of rotatable bonds is 5. The highest BCUT2D eigenvalue weighted by Crippen LogP contribution is 2.11. The molecule has 0 aliphatic heterocycles. The number of methoxy groups -OCH3 is 1. The van der Waals surface area contributed by atoms with Gasteiger partial charge in [-0.05, 0) is 13.8 Å². The maximum atomic E-state index is 11.5. The van der Waals surface area contributed by atoms with E-state index in [0.29, 0.717) is 12.4 Å². The summed E-state index contributed by atoms with van der Waals surface area (Å²) in [6, 6.07) is 0. The van der Waals surface area contributed by atoms with Crippen molar-refractivity contribution in [1.29, 1.82) is 0 Å². The Morgan fingerprint density at radius 2 is 2.38 bits per heavy atom. The third-order valence-electron chi connectivity index (χ3n) is 2.08. The topological polar surface area (TPSA) is 79.4 Å². The number of carbonyl (C=O) groups excluding carboxylic acids is 1. The van der Waals surface area contributed by atoms with E-state index >= 15 is 0 Å². The van der Waals surface area contributed by atoms with E-state index in [1.807, 2.05) is 0 Å². The highest BCUT2D eigenvalue weighted by Gasteiger charge is 2.30. The molecular weight excluding hydrogens is 210 g/mol. The van der Waals surface area contributed by atoms with Gasteiger partial charge in [0.25, 0.3) is 0 Å². The second kappa shape index (κ2) is 4.98. The summed E-state index contributed by atoms with van der Waals surface area (Å²) in [7, 11) is 1.55. The zero-order chi connectivity index (χ0) is 12.2. The first-order chi connectivity index (χ1) is 7.49. The Labute approximate surface area is 94.3 Å². The van der Waals surface area contributed by atoms with E-state index < -0.39 is 11.5 Å². The van der Waals surface area contributed by atoms with E-state index in [2.05, 4.69) is 5.10 Å². The van der Waals surface area contributed by atoms with Crippen LogP contribution in [-0.4, -0.2) is 35.0 Å². The van der Waals surface area contributed by atoms with Gasteiger partial charge in [-0.2, -0.15) is 5.10 Å². The number of aromatic nitrogens is 2. The molecule has 1 aromatic heterocycles. The summed E-state index contributed by atoms with van der Waals surface area (Å²) in [5.74, 6) is 0.184. The number of hydrogen-bond acceptors (Lipinski definition) is 5. The summed E-state index contributed by atoms with van der Waals surface area (Å²) in [5, 5.41) is 4.02. The van der Waals surface area contributed by atoms with Crippen LogP contribution >= 0.6 is 0 Å². The maximum Gasteiger partial charge on any atom is 0.327 e. The molecule has 0 radical (unpaired) electrons. The fourth-order valence-corrected chi connectivity index (χ4v) is 1.23. The minimum Gasteiger partial charge on any atom is -0.493 e. The number of nitrogens with zero attached hydrogens (tertiary/aromatic N) is 2. The zero-order valence-corrected chi connectivity index (χ0v) is 9.77. The van der Waals surface area contributed by atoms with Gasteiger partial charge in [-0.25, -0.2) is 4.79 Å². The van der Waals surface area contributed by atoms with Gasteiger partial charge < -0.3 is 15.2 Å². The molecule has 6 heteroatoms. The van der Waals surface area contributed by atoms with Crippen LogP contribution in [0.2, 0.25) is 0 Å². The normalized spacial score (nSPS) is 14.2. The van der Waals surface area contributed by atoms with Crippen molar-refractivity contribution in [2.24, 2.45) is 5.73 Å². The standard InChI is InChI=1S/C10H17N3O3/c1-4-16-9(14)10(2,11)7-13-6-8(15-3)5-12-13/h5-6H,4,7,11H2,1-3H3. The highest BCUT2D eigenvalue weighted by molar-refractivity contribution is 5.79. The second-order valence-electron chi connectivity index (χ2n) is 3.72. The fraction of sp³-hybridized carbons (Fsp3) is 0.600. The van der Waals surface area contributed by atoms with E-state index in [0.717, 1.165) is 0 Å². The lowest BCUT2D eigenvalue weighted by Crippen LogP contribution is -2.49. The molecule has 1 heterocycles. The highest BCUT2D eigenvalue weighted by atomic mass is 16.5. The molecule has 90 valence electrons. The van der Waals surface area contributed by atoms with E-state index in [-0.39, 0.29) is 6.54 Å². The lowest BCUT2D eigenvalue weighted by molar-refractivity contribution is -0.149. The molecule has 0 aliphatic rings. The van der Waals surface area contributed by atoms with E-state index in [4.69, 9.17) is 15.2 Å². The maximum absolute atomic E-state index is 11.5. The molecule has 0 bridgehead atoms. The summed E-state index contributed by atoms with van der Waals surface area (Å²) in [4.78, 5) is 11.5. The molecule has 1 atom stereocenters. The Hall–Kier alpha value is -1.56. The molecule has 16 heavy (non-hydrogen) atoms. The van der Waals surface area contributed by atoms with Gasteiger partial charge in [0.05, 0.1) is 32.7 Å². The van der Waals surface area contributed by atoms with Crippen LogP contribution in [0.4, 0.5) is 0 Å². The van der Waals surface area contributed by atoms with E-state index in [1.165, 1.54) is 0 Å². The smallest absolute Gasteiger partial charge is 0.327 e. The number of hydrogen-bond donors (Lipinski definition) is 1.